The second-order valence-corrected chi connectivity index (χ2v) is 5.75. The highest BCUT2D eigenvalue weighted by Gasteiger charge is 2.24. The number of halogens is 1. The van der Waals surface area contributed by atoms with E-state index < -0.39 is 0 Å². The molecule has 1 aromatic carbocycles. The van der Waals surface area contributed by atoms with Crippen molar-refractivity contribution in [2.45, 2.75) is 39.7 Å². The summed E-state index contributed by atoms with van der Waals surface area (Å²) in [6, 6.07) is 8.49. The lowest BCUT2D eigenvalue weighted by Gasteiger charge is -2.35. The normalized spacial score (nSPS) is 18.5. The summed E-state index contributed by atoms with van der Waals surface area (Å²) in [4.78, 5) is 7.09. The first kappa shape index (κ1) is 20.2. The molecule has 1 N–H and O–H groups in total. The predicted octanol–water partition coefficient (Wildman–Crippen LogP) is 3.75. The van der Waals surface area contributed by atoms with Gasteiger partial charge in [0.15, 0.2) is 5.96 Å². The molecule has 23 heavy (non-hydrogen) atoms. The Morgan fingerprint density at radius 3 is 2.83 bits per heavy atom. The fraction of sp³-hybridized carbons (Fsp3) is 0.611. The number of nitrogens with zero attached hydrogens (tertiary/aromatic N) is 2. The Morgan fingerprint density at radius 1 is 1.35 bits per heavy atom. The maximum atomic E-state index is 6.00. The Hall–Kier alpha value is -0.820. The number of ether oxygens (including phenoxy) is 1. The molecule has 1 fully saturated rings. The Balaban J connectivity index is 0.00000264. The number of nitrogens with one attached hydrogen (secondary N) is 1. The average Bonchev–Trinajstić information content (AvgIpc) is 2.55. The van der Waals surface area contributed by atoms with E-state index >= 15 is 0 Å². The van der Waals surface area contributed by atoms with Gasteiger partial charge in [-0.05, 0) is 31.4 Å². The molecule has 0 spiro atoms. The number of morpholine rings is 1. The van der Waals surface area contributed by atoms with Crippen LogP contribution in [0.2, 0.25) is 0 Å². The summed E-state index contributed by atoms with van der Waals surface area (Å²) >= 11 is 0. The van der Waals surface area contributed by atoms with Gasteiger partial charge >= 0.3 is 0 Å². The third-order valence-corrected chi connectivity index (χ3v) is 4.01. The third kappa shape index (κ3) is 5.95. The van der Waals surface area contributed by atoms with Crippen LogP contribution < -0.4 is 5.32 Å². The Labute approximate surface area is 157 Å². The Kier molecular flexibility index (Phi) is 9.55. The number of guanidine groups is 1. The van der Waals surface area contributed by atoms with Gasteiger partial charge in [-0.1, -0.05) is 37.6 Å². The molecule has 1 aliphatic heterocycles. The first-order chi connectivity index (χ1) is 10.8. The van der Waals surface area contributed by atoms with Crippen molar-refractivity contribution in [1.82, 2.24) is 10.2 Å². The van der Waals surface area contributed by atoms with E-state index in [4.69, 9.17) is 9.73 Å². The van der Waals surface area contributed by atoms with E-state index in [-0.39, 0.29) is 30.1 Å². The van der Waals surface area contributed by atoms with Crippen LogP contribution in [0.15, 0.2) is 29.3 Å². The van der Waals surface area contributed by atoms with Crippen molar-refractivity contribution in [2.24, 2.45) is 4.99 Å². The van der Waals surface area contributed by atoms with Crippen LogP contribution in [0.1, 0.15) is 43.9 Å². The second kappa shape index (κ2) is 10.9. The maximum Gasteiger partial charge on any atom is 0.194 e. The van der Waals surface area contributed by atoms with E-state index in [2.05, 4.69) is 55.3 Å². The standard InChI is InChI=1S/C18H29N3O.HI/c1-4-6-11-20-18(19-5-2)21-12-13-22-17(14-21)16-10-8-7-9-15(16)3;/h7-10,17H,4-6,11-14H2,1-3H3,(H,19,20);1H. The lowest BCUT2D eigenvalue weighted by Crippen LogP contribution is -2.48. The number of benzene rings is 1. The van der Waals surface area contributed by atoms with Gasteiger partial charge in [0.2, 0.25) is 0 Å². The van der Waals surface area contributed by atoms with Crippen molar-refractivity contribution in [3.63, 3.8) is 0 Å². The minimum Gasteiger partial charge on any atom is -0.370 e. The van der Waals surface area contributed by atoms with E-state index in [1.165, 1.54) is 17.5 Å². The molecule has 130 valence electrons. The minimum absolute atomic E-state index is 0. The van der Waals surface area contributed by atoms with Crippen LogP contribution in [0.4, 0.5) is 0 Å². The summed E-state index contributed by atoms with van der Waals surface area (Å²) in [5.74, 6) is 1.03. The molecule has 1 saturated heterocycles. The SMILES string of the molecule is CCCCN=C(NCC)N1CCOC(c2ccccc2C)C1.I. The van der Waals surface area contributed by atoms with Gasteiger partial charge in [0.05, 0.1) is 13.2 Å². The van der Waals surface area contributed by atoms with Crippen LogP contribution >= 0.6 is 24.0 Å². The van der Waals surface area contributed by atoms with Crippen molar-refractivity contribution in [3.05, 3.63) is 35.4 Å². The van der Waals surface area contributed by atoms with E-state index in [9.17, 15) is 0 Å². The van der Waals surface area contributed by atoms with Gasteiger partial charge in [0.25, 0.3) is 0 Å². The largest absolute Gasteiger partial charge is 0.370 e. The zero-order chi connectivity index (χ0) is 15.8. The summed E-state index contributed by atoms with van der Waals surface area (Å²) < 4.78 is 6.00. The van der Waals surface area contributed by atoms with Crippen LogP contribution in [0.25, 0.3) is 0 Å². The van der Waals surface area contributed by atoms with Crippen molar-refractivity contribution >= 4 is 29.9 Å². The average molecular weight is 431 g/mol. The zero-order valence-electron chi connectivity index (χ0n) is 14.5. The number of hydrogen-bond donors (Lipinski definition) is 1. The summed E-state index contributed by atoms with van der Waals surface area (Å²) in [5.41, 5.74) is 2.58. The van der Waals surface area contributed by atoms with Crippen LogP contribution in [0.5, 0.6) is 0 Å². The molecule has 5 heteroatoms. The first-order valence-corrected chi connectivity index (χ1v) is 8.46. The van der Waals surface area contributed by atoms with E-state index in [0.29, 0.717) is 0 Å². The molecule has 2 rings (SSSR count). The smallest absolute Gasteiger partial charge is 0.194 e. The third-order valence-electron chi connectivity index (χ3n) is 4.01. The van der Waals surface area contributed by atoms with Crippen LogP contribution in [0, 0.1) is 6.92 Å². The van der Waals surface area contributed by atoms with Crippen LogP contribution in [-0.4, -0.2) is 43.6 Å². The lowest BCUT2D eigenvalue weighted by molar-refractivity contribution is -0.00832. The molecule has 0 bridgehead atoms. The lowest BCUT2D eigenvalue weighted by atomic mass is 10.0. The van der Waals surface area contributed by atoms with E-state index in [1.54, 1.807) is 0 Å². The summed E-state index contributed by atoms with van der Waals surface area (Å²) in [5, 5.41) is 3.42. The van der Waals surface area contributed by atoms with Gasteiger partial charge < -0.3 is 15.0 Å². The van der Waals surface area contributed by atoms with Gasteiger partial charge in [0, 0.05) is 19.6 Å². The fourth-order valence-corrected chi connectivity index (χ4v) is 2.75. The zero-order valence-corrected chi connectivity index (χ0v) is 16.9. The number of hydrogen-bond acceptors (Lipinski definition) is 2. The van der Waals surface area contributed by atoms with Gasteiger partial charge in [-0.25, -0.2) is 0 Å². The number of aryl methyl sites for hydroxylation is 1. The molecule has 1 unspecified atom stereocenters. The molecule has 0 amide bonds. The van der Waals surface area contributed by atoms with Crippen molar-refractivity contribution in [3.8, 4) is 0 Å². The molecular weight excluding hydrogens is 401 g/mol. The second-order valence-electron chi connectivity index (χ2n) is 5.75. The topological polar surface area (TPSA) is 36.9 Å². The highest BCUT2D eigenvalue weighted by molar-refractivity contribution is 14.0. The predicted molar refractivity (Wildman–Crippen MR) is 108 cm³/mol. The minimum atomic E-state index is 0. The molecular formula is C18H30IN3O. The Bertz CT molecular complexity index is 493. The molecule has 0 aliphatic carbocycles. The molecule has 4 nitrogen and oxygen atoms in total. The summed E-state index contributed by atoms with van der Waals surface area (Å²) in [6.45, 7) is 10.8. The molecule has 1 aliphatic rings. The summed E-state index contributed by atoms with van der Waals surface area (Å²) in [7, 11) is 0. The van der Waals surface area contributed by atoms with Crippen LogP contribution in [0.3, 0.4) is 0 Å². The molecule has 1 heterocycles. The number of rotatable bonds is 5. The van der Waals surface area contributed by atoms with Gasteiger partial charge in [0.1, 0.15) is 6.10 Å². The van der Waals surface area contributed by atoms with E-state index in [1.807, 2.05) is 0 Å². The molecule has 1 aromatic rings. The van der Waals surface area contributed by atoms with Crippen LogP contribution in [-0.2, 0) is 4.74 Å². The van der Waals surface area contributed by atoms with Gasteiger partial charge in [-0.2, -0.15) is 0 Å². The maximum absolute atomic E-state index is 6.00. The van der Waals surface area contributed by atoms with Gasteiger partial charge in [-0.3, -0.25) is 4.99 Å². The molecule has 0 saturated carbocycles. The van der Waals surface area contributed by atoms with Crippen molar-refractivity contribution in [1.29, 1.82) is 0 Å². The highest BCUT2D eigenvalue weighted by atomic mass is 127. The Morgan fingerprint density at radius 2 is 2.13 bits per heavy atom. The molecule has 1 atom stereocenters. The van der Waals surface area contributed by atoms with Crippen molar-refractivity contribution in [2.75, 3.05) is 32.8 Å². The molecule has 0 aromatic heterocycles. The monoisotopic (exact) mass is 431 g/mol. The van der Waals surface area contributed by atoms with Crippen molar-refractivity contribution < 1.29 is 4.74 Å². The molecule has 0 radical (unpaired) electrons. The van der Waals surface area contributed by atoms with Gasteiger partial charge in [-0.15, -0.1) is 24.0 Å². The highest BCUT2D eigenvalue weighted by Crippen LogP contribution is 2.24. The summed E-state index contributed by atoms with van der Waals surface area (Å²) in [6.07, 6.45) is 2.45. The number of aliphatic imine (C=N–C) groups is 1. The fourth-order valence-electron chi connectivity index (χ4n) is 2.75. The van der Waals surface area contributed by atoms with E-state index in [0.717, 1.165) is 45.2 Å². The first-order valence-electron chi connectivity index (χ1n) is 8.46. The number of unbranched alkanes of at least 4 members (excludes halogenated alkanes) is 1. The quantitative estimate of drug-likeness (QED) is 0.334.